The second-order valence-corrected chi connectivity index (χ2v) is 12.1. The number of rotatable bonds is 5. The van der Waals surface area contributed by atoms with Crippen LogP contribution in [0.15, 0.2) is 67.1 Å². The van der Waals surface area contributed by atoms with Crippen LogP contribution in [-0.4, -0.2) is 68.3 Å². The second-order valence-electron chi connectivity index (χ2n) is 11.6. The van der Waals surface area contributed by atoms with Crippen molar-refractivity contribution in [2.75, 3.05) is 30.8 Å². The number of nitrogens with zero attached hydrogens (tertiary/aromatic N) is 6. The van der Waals surface area contributed by atoms with Crippen LogP contribution < -0.4 is 16.0 Å². The minimum Gasteiger partial charge on any atom is -0.453 e. The van der Waals surface area contributed by atoms with Crippen LogP contribution in [0.1, 0.15) is 55.8 Å². The van der Waals surface area contributed by atoms with E-state index in [1.54, 1.807) is 30.5 Å². The first-order valence-corrected chi connectivity index (χ1v) is 16.3. The molecular weight excluding hydrogens is 630 g/mol. The van der Waals surface area contributed by atoms with E-state index in [9.17, 15) is 9.59 Å². The first-order chi connectivity index (χ1) is 23.4. The van der Waals surface area contributed by atoms with Crippen molar-refractivity contribution in [3.8, 4) is 28.8 Å². The van der Waals surface area contributed by atoms with Crippen molar-refractivity contribution >= 4 is 41.1 Å². The van der Waals surface area contributed by atoms with E-state index in [4.69, 9.17) is 16.3 Å². The largest absolute Gasteiger partial charge is 0.453 e. The quantitative estimate of drug-likeness (QED) is 0.177. The van der Waals surface area contributed by atoms with Gasteiger partial charge in [0.2, 0.25) is 5.91 Å². The highest BCUT2D eigenvalue weighted by Gasteiger charge is 2.20. The Morgan fingerprint density at radius 2 is 1.92 bits per heavy atom. The summed E-state index contributed by atoms with van der Waals surface area (Å²) in [4.78, 5) is 32.2. The molecule has 2 aromatic carbocycles. The predicted molar refractivity (Wildman–Crippen MR) is 184 cm³/mol. The van der Waals surface area contributed by atoms with Crippen molar-refractivity contribution in [3.63, 3.8) is 0 Å². The Labute approximate surface area is 283 Å². The van der Waals surface area contributed by atoms with Gasteiger partial charge in [0.25, 0.3) is 0 Å². The van der Waals surface area contributed by atoms with Gasteiger partial charge in [-0.25, -0.2) is 4.79 Å². The van der Waals surface area contributed by atoms with Gasteiger partial charge in [-0.05, 0) is 90.2 Å². The van der Waals surface area contributed by atoms with Gasteiger partial charge in [-0.2, -0.15) is 4.68 Å². The first-order valence-electron chi connectivity index (χ1n) is 15.9. The van der Waals surface area contributed by atoms with E-state index >= 15 is 0 Å². The van der Waals surface area contributed by atoms with Crippen molar-refractivity contribution in [2.24, 2.45) is 0 Å². The van der Waals surface area contributed by atoms with Crippen molar-refractivity contribution in [1.82, 2.24) is 35.4 Å². The Bertz CT molecular complexity index is 1850. The number of hydrogen-bond acceptors (Lipinski definition) is 9. The number of carbonyl (C=O) groups is 2. The molecule has 0 radical (unpaired) electrons. The molecule has 1 saturated heterocycles. The van der Waals surface area contributed by atoms with E-state index in [0.717, 1.165) is 67.7 Å². The fraction of sp³-hybridized carbons (Fsp3) is 0.314. The van der Waals surface area contributed by atoms with E-state index in [0.29, 0.717) is 28.4 Å². The number of methoxy groups -OCH3 is 1. The fourth-order valence-electron chi connectivity index (χ4n) is 5.85. The summed E-state index contributed by atoms with van der Waals surface area (Å²) in [7, 11) is 1.33. The van der Waals surface area contributed by atoms with Crippen molar-refractivity contribution in [2.45, 2.75) is 50.6 Å². The number of likely N-dealkylation sites (tertiary alicyclic amines) is 1. The summed E-state index contributed by atoms with van der Waals surface area (Å²) in [5.41, 5.74) is 5.39. The zero-order valence-corrected chi connectivity index (χ0v) is 27.3. The average molecular weight is 666 g/mol. The number of nitrogens with one attached hydrogen (secondary N) is 3. The molecule has 2 unspecified atom stereocenters. The third kappa shape index (κ3) is 8.29. The van der Waals surface area contributed by atoms with E-state index in [1.807, 2.05) is 30.3 Å². The molecule has 4 aromatic rings. The maximum atomic E-state index is 13.4. The standard InChI is InChI=1S/C35H36ClN9O3/c1-48-35(47)40-28-10-11-29-24-14-16-37-32(21-24)30(7-3-2-6-27(39-31(29)22-28)15-19-44-17-4-5-18-44)41-34(46)13-8-25-20-26(36)9-12-33(25)45-23-38-42-43-45/h8-14,16,20-23,27,30,39H,2-7,17-18H2,1H3,(H,40,47)(H,41,46). The number of benzene rings is 2. The molecule has 13 heteroatoms. The lowest BCUT2D eigenvalue weighted by atomic mass is 9.96. The number of ether oxygens (including phenoxy) is 1. The number of carbonyl (C=O) groups excluding carboxylic acids is 2. The van der Waals surface area contributed by atoms with Crippen LogP contribution in [-0.2, 0) is 9.53 Å². The minimum absolute atomic E-state index is 0.124. The lowest BCUT2D eigenvalue weighted by Gasteiger charge is -2.23. The molecule has 246 valence electrons. The number of pyridine rings is 1. The van der Waals surface area contributed by atoms with Crippen LogP contribution in [0.5, 0.6) is 0 Å². The fourth-order valence-corrected chi connectivity index (χ4v) is 6.03. The van der Waals surface area contributed by atoms with E-state index < -0.39 is 6.09 Å². The first kappa shape index (κ1) is 32.5. The zero-order valence-electron chi connectivity index (χ0n) is 26.5. The van der Waals surface area contributed by atoms with Crippen LogP contribution in [0.2, 0.25) is 5.02 Å². The molecule has 2 aromatic heterocycles. The molecule has 4 heterocycles. The van der Waals surface area contributed by atoms with E-state index in [-0.39, 0.29) is 18.0 Å². The summed E-state index contributed by atoms with van der Waals surface area (Å²) in [6.07, 6.45) is 11.4. The number of aromatic nitrogens is 5. The Kier molecular flexibility index (Phi) is 10.5. The molecule has 12 nitrogen and oxygen atoms in total. The lowest BCUT2D eigenvalue weighted by molar-refractivity contribution is -0.117. The SMILES string of the molecule is COC(=O)Nc1ccc2c(c1)NC(C#CN1CCCC1)CCCCC(NC(=O)C=Cc1cc(Cl)ccc1-n1cnnn1)c1cc-2ccn1. The highest BCUT2D eigenvalue weighted by molar-refractivity contribution is 6.30. The molecule has 0 saturated carbocycles. The number of anilines is 2. The monoisotopic (exact) mass is 665 g/mol. The summed E-state index contributed by atoms with van der Waals surface area (Å²) in [5.74, 6) is 3.20. The van der Waals surface area contributed by atoms with Gasteiger partial charge < -0.3 is 20.3 Å². The lowest BCUT2D eigenvalue weighted by Crippen LogP contribution is -2.28. The molecular formula is C35H36ClN9O3. The molecule has 0 aliphatic carbocycles. The van der Waals surface area contributed by atoms with E-state index in [2.05, 4.69) is 53.3 Å². The molecule has 2 aliphatic heterocycles. The maximum absolute atomic E-state index is 13.4. The van der Waals surface area contributed by atoms with Crippen LogP contribution in [0.3, 0.4) is 0 Å². The third-order valence-electron chi connectivity index (χ3n) is 8.28. The summed E-state index contributed by atoms with van der Waals surface area (Å²) >= 11 is 6.27. The molecule has 2 amide bonds. The molecule has 2 atom stereocenters. The third-order valence-corrected chi connectivity index (χ3v) is 8.52. The van der Waals surface area contributed by atoms with Crippen LogP contribution in [0.25, 0.3) is 22.9 Å². The molecule has 2 bridgehead atoms. The summed E-state index contributed by atoms with van der Waals surface area (Å²) in [5, 5.41) is 21.5. The smallest absolute Gasteiger partial charge is 0.411 e. The van der Waals surface area contributed by atoms with Crippen LogP contribution >= 0.6 is 11.6 Å². The van der Waals surface area contributed by atoms with Gasteiger partial charge in [0, 0.05) is 58.9 Å². The molecule has 2 aliphatic rings. The zero-order chi connectivity index (χ0) is 33.3. The van der Waals surface area contributed by atoms with Crippen molar-refractivity contribution in [3.05, 3.63) is 83.4 Å². The molecule has 6 rings (SSSR count). The Hall–Kier alpha value is -5.41. The highest BCUT2D eigenvalue weighted by atomic mass is 35.5. The van der Waals surface area contributed by atoms with Gasteiger partial charge in [-0.1, -0.05) is 36.4 Å². The summed E-state index contributed by atoms with van der Waals surface area (Å²) < 4.78 is 6.33. The van der Waals surface area contributed by atoms with Crippen LogP contribution in [0.4, 0.5) is 16.2 Å². The molecule has 1 fully saturated rings. The number of halogens is 1. The molecule has 48 heavy (non-hydrogen) atoms. The van der Waals surface area contributed by atoms with Crippen molar-refractivity contribution < 1.29 is 14.3 Å². The van der Waals surface area contributed by atoms with Crippen molar-refractivity contribution in [1.29, 1.82) is 0 Å². The summed E-state index contributed by atoms with van der Waals surface area (Å²) in [6.45, 7) is 1.96. The normalized spacial score (nSPS) is 17.6. The predicted octanol–water partition coefficient (Wildman–Crippen LogP) is 5.84. The van der Waals surface area contributed by atoms with Gasteiger partial charge in [0.1, 0.15) is 6.33 Å². The number of amides is 2. The van der Waals surface area contributed by atoms with Gasteiger partial charge in [0.15, 0.2) is 0 Å². The Morgan fingerprint density at radius 1 is 1.06 bits per heavy atom. The highest BCUT2D eigenvalue weighted by Crippen LogP contribution is 2.34. The maximum Gasteiger partial charge on any atom is 0.411 e. The van der Waals surface area contributed by atoms with Gasteiger partial charge in [-0.15, -0.1) is 5.10 Å². The van der Waals surface area contributed by atoms with E-state index in [1.165, 1.54) is 24.2 Å². The average Bonchev–Trinajstić information content (AvgIpc) is 3.83. The van der Waals surface area contributed by atoms with Gasteiger partial charge in [0.05, 0.1) is 30.6 Å². The number of hydrogen-bond donors (Lipinski definition) is 3. The van der Waals surface area contributed by atoms with Gasteiger partial charge in [-0.3, -0.25) is 15.1 Å². The number of tetrazole rings is 1. The molecule has 3 N–H and O–H groups in total. The Morgan fingerprint density at radius 3 is 2.73 bits per heavy atom. The van der Waals surface area contributed by atoms with Gasteiger partial charge >= 0.3 is 6.09 Å². The van der Waals surface area contributed by atoms with Crippen LogP contribution in [0, 0.1) is 12.0 Å². The second kappa shape index (κ2) is 15.5. The molecule has 0 spiro atoms. The Balaban J connectivity index is 1.28. The summed E-state index contributed by atoms with van der Waals surface area (Å²) in [6, 6.07) is 17.8. The number of fused-ring (bicyclic) bond motifs is 4. The topological polar surface area (TPSA) is 139 Å². The minimum atomic E-state index is -0.547.